The highest BCUT2D eigenvalue weighted by molar-refractivity contribution is 7.99. The standard InChI is InChI=1S/C22H26FN5OS2/c1-16(19-6-5-13-30-19)24-21(29)15-31-22-26-25-20(14-27-11-3-2-4-12-27)28(22)18-9-7-17(23)8-10-18/h5-10,13,16H,2-4,11-12,14-15H2,1H3,(H,24,29). The number of carbonyl (C=O) groups is 1. The van der Waals surface area contributed by atoms with E-state index in [1.807, 2.05) is 29.0 Å². The lowest BCUT2D eigenvalue weighted by atomic mass is 10.1. The Balaban J connectivity index is 1.48. The fourth-order valence-electron chi connectivity index (χ4n) is 3.69. The van der Waals surface area contributed by atoms with Crippen LogP contribution in [0.5, 0.6) is 0 Å². The molecule has 9 heteroatoms. The Kier molecular flexibility index (Phi) is 7.37. The van der Waals surface area contributed by atoms with Crippen molar-refractivity contribution in [3.05, 3.63) is 58.3 Å². The number of hydrogen-bond donors (Lipinski definition) is 1. The summed E-state index contributed by atoms with van der Waals surface area (Å²) in [4.78, 5) is 16.0. The lowest BCUT2D eigenvalue weighted by Gasteiger charge is -2.26. The number of benzene rings is 1. The molecule has 3 aromatic rings. The number of carbonyl (C=O) groups excluding carboxylic acids is 1. The Morgan fingerprint density at radius 2 is 1.97 bits per heavy atom. The molecule has 0 aliphatic carbocycles. The van der Waals surface area contributed by atoms with Crippen molar-refractivity contribution in [1.29, 1.82) is 0 Å². The Morgan fingerprint density at radius 1 is 1.19 bits per heavy atom. The molecule has 0 saturated carbocycles. The number of halogens is 1. The van der Waals surface area contributed by atoms with E-state index < -0.39 is 0 Å². The number of likely N-dealkylation sites (tertiary alicyclic amines) is 1. The molecule has 3 heterocycles. The molecule has 1 fully saturated rings. The molecule has 1 unspecified atom stereocenters. The Labute approximate surface area is 189 Å². The number of hydrogen-bond acceptors (Lipinski definition) is 6. The van der Waals surface area contributed by atoms with E-state index >= 15 is 0 Å². The average molecular weight is 460 g/mol. The summed E-state index contributed by atoms with van der Waals surface area (Å²) < 4.78 is 15.4. The molecule has 0 spiro atoms. The normalized spacial score (nSPS) is 15.7. The summed E-state index contributed by atoms with van der Waals surface area (Å²) in [6.07, 6.45) is 3.64. The molecule has 1 saturated heterocycles. The lowest BCUT2D eigenvalue weighted by molar-refractivity contribution is -0.119. The van der Waals surface area contributed by atoms with Crippen molar-refractivity contribution in [2.45, 2.75) is 43.9 Å². The third kappa shape index (κ3) is 5.72. The van der Waals surface area contributed by atoms with Gasteiger partial charge in [0.25, 0.3) is 0 Å². The van der Waals surface area contributed by atoms with Gasteiger partial charge in [-0.3, -0.25) is 14.3 Å². The van der Waals surface area contributed by atoms with Crippen LogP contribution in [0.2, 0.25) is 0 Å². The largest absolute Gasteiger partial charge is 0.348 e. The Hall–Kier alpha value is -2.23. The first-order valence-corrected chi connectivity index (χ1v) is 12.3. The van der Waals surface area contributed by atoms with Gasteiger partial charge in [0.2, 0.25) is 5.91 Å². The van der Waals surface area contributed by atoms with E-state index in [2.05, 4.69) is 20.4 Å². The van der Waals surface area contributed by atoms with Crippen LogP contribution in [0.4, 0.5) is 4.39 Å². The van der Waals surface area contributed by atoms with Crippen molar-refractivity contribution < 1.29 is 9.18 Å². The van der Waals surface area contributed by atoms with Crippen LogP contribution in [-0.2, 0) is 11.3 Å². The van der Waals surface area contributed by atoms with E-state index in [0.717, 1.165) is 29.5 Å². The minimum atomic E-state index is -0.287. The van der Waals surface area contributed by atoms with E-state index in [1.165, 1.54) is 43.2 Å². The molecule has 31 heavy (non-hydrogen) atoms. The number of amides is 1. The zero-order chi connectivity index (χ0) is 21.6. The van der Waals surface area contributed by atoms with Crippen LogP contribution in [-0.4, -0.2) is 44.4 Å². The number of nitrogens with one attached hydrogen (secondary N) is 1. The van der Waals surface area contributed by atoms with Crippen LogP contribution in [0, 0.1) is 5.82 Å². The molecule has 1 aromatic carbocycles. The van der Waals surface area contributed by atoms with E-state index in [1.54, 1.807) is 23.5 Å². The summed E-state index contributed by atoms with van der Waals surface area (Å²) >= 11 is 2.97. The molecular formula is C22H26FN5OS2. The molecular weight excluding hydrogens is 433 g/mol. The van der Waals surface area contributed by atoms with Crippen LogP contribution < -0.4 is 5.32 Å². The summed E-state index contributed by atoms with van der Waals surface area (Å²) in [6, 6.07) is 10.3. The zero-order valence-electron chi connectivity index (χ0n) is 17.5. The SMILES string of the molecule is CC(NC(=O)CSc1nnc(CN2CCCCC2)n1-c1ccc(F)cc1)c1cccs1. The summed E-state index contributed by atoms with van der Waals surface area (Å²) in [6.45, 7) is 4.75. The van der Waals surface area contributed by atoms with Gasteiger partial charge in [-0.2, -0.15) is 0 Å². The minimum absolute atomic E-state index is 0.0299. The van der Waals surface area contributed by atoms with Gasteiger partial charge in [-0.25, -0.2) is 4.39 Å². The fourth-order valence-corrected chi connectivity index (χ4v) is 5.20. The second-order valence-electron chi connectivity index (χ2n) is 7.64. The molecule has 1 N–H and O–H groups in total. The predicted octanol–water partition coefficient (Wildman–Crippen LogP) is 4.42. The maximum atomic E-state index is 13.5. The number of nitrogens with zero attached hydrogens (tertiary/aromatic N) is 4. The highest BCUT2D eigenvalue weighted by atomic mass is 32.2. The van der Waals surface area contributed by atoms with Gasteiger partial charge in [-0.05, 0) is 68.6 Å². The predicted molar refractivity (Wildman–Crippen MR) is 122 cm³/mol. The van der Waals surface area contributed by atoms with E-state index in [9.17, 15) is 9.18 Å². The average Bonchev–Trinajstić information content (AvgIpc) is 3.44. The molecule has 4 rings (SSSR count). The van der Waals surface area contributed by atoms with Crippen molar-refractivity contribution in [1.82, 2.24) is 25.0 Å². The summed E-state index contributed by atoms with van der Waals surface area (Å²) in [7, 11) is 0. The van der Waals surface area contributed by atoms with E-state index in [0.29, 0.717) is 11.7 Å². The summed E-state index contributed by atoms with van der Waals surface area (Å²) in [5, 5.41) is 14.4. The highest BCUT2D eigenvalue weighted by Gasteiger charge is 2.20. The van der Waals surface area contributed by atoms with Gasteiger partial charge in [0, 0.05) is 10.6 Å². The maximum Gasteiger partial charge on any atom is 0.230 e. The second kappa shape index (κ2) is 10.4. The van der Waals surface area contributed by atoms with E-state index in [4.69, 9.17) is 0 Å². The smallest absolute Gasteiger partial charge is 0.230 e. The third-order valence-electron chi connectivity index (χ3n) is 5.28. The Morgan fingerprint density at radius 3 is 2.68 bits per heavy atom. The first-order valence-electron chi connectivity index (χ1n) is 10.5. The topological polar surface area (TPSA) is 63.1 Å². The van der Waals surface area contributed by atoms with Gasteiger partial charge in [-0.15, -0.1) is 21.5 Å². The molecule has 1 atom stereocenters. The van der Waals surface area contributed by atoms with Gasteiger partial charge >= 0.3 is 0 Å². The van der Waals surface area contributed by atoms with Gasteiger partial charge in [-0.1, -0.05) is 24.2 Å². The van der Waals surface area contributed by atoms with Gasteiger partial charge in [0.15, 0.2) is 11.0 Å². The lowest BCUT2D eigenvalue weighted by Crippen LogP contribution is -2.30. The first kappa shape index (κ1) is 22.0. The number of aromatic nitrogens is 3. The molecule has 6 nitrogen and oxygen atoms in total. The molecule has 0 radical (unpaired) electrons. The maximum absolute atomic E-state index is 13.5. The monoisotopic (exact) mass is 459 g/mol. The minimum Gasteiger partial charge on any atom is -0.348 e. The van der Waals surface area contributed by atoms with Crippen LogP contribution in [0.3, 0.4) is 0 Å². The van der Waals surface area contributed by atoms with Crippen molar-refractivity contribution in [2.75, 3.05) is 18.8 Å². The third-order valence-corrected chi connectivity index (χ3v) is 7.26. The van der Waals surface area contributed by atoms with Gasteiger partial charge in [0.1, 0.15) is 5.82 Å². The second-order valence-corrected chi connectivity index (χ2v) is 9.56. The molecule has 1 amide bonds. The first-order chi connectivity index (χ1) is 15.1. The molecule has 1 aliphatic rings. The fraction of sp³-hybridized carbons (Fsp3) is 0.409. The molecule has 164 valence electrons. The van der Waals surface area contributed by atoms with Crippen molar-refractivity contribution in [3.8, 4) is 5.69 Å². The molecule has 0 bridgehead atoms. The van der Waals surface area contributed by atoms with Crippen LogP contribution in [0.25, 0.3) is 5.69 Å². The number of thioether (sulfide) groups is 1. The molecule has 2 aromatic heterocycles. The van der Waals surface area contributed by atoms with Crippen molar-refractivity contribution in [2.24, 2.45) is 0 Å². The van der Waals surface area contributed by atoms with Gasteiger partial charge < -0.3 is 5.32 Å². The summed E-state index contributed by atoms with van der Waals surface area (Å²) in [5.74, 6) is 0.699. The molecule has 1 aliphatic heterocycles. The zero-order valence-corrected chi connectivity index (χ0v) is 19.1. The number of piperidine rings is 1. The van der Waals surface area contributed by atoms with Crippen LogP contribution in [0.1, 0.15) is 42.9 Å². The number of thiophene rings is 1. The van der Waals surface area contributed by atoms with Crippen molar-refractivity contribution in [3.63, 3.8) is 0 Å². The van der Waals surface area contributed by atoms with Gasteiger partial charge in [0.05, 0.1) is 18.3 Å². The van der Waals surface area contributed by atoms with Crippen LogP contribution >= 0.6 is 23.1 Å². The highest BCUT2D eigenvalue weighted by Crippen LogP contribution is 2.24. The summed E-state index contributed by atoms with van der Waals surface area (Å²) in [5.41, 5.74) is 0.799. The van der Waals surface area contributed by atoms with Crippen molar-refractivity contribution >= 4 is 29.0 Å². The van der Waals surface area contributed by atoms with E-state index in [-0.39, 0.29) is 23.5 Å². The van der Waals surface area contributed by atoms with Crippen LogP contribution in [0.15, 0.2) is 46.9 Å². The Bertz CT molecular complexity index is 984. The quantitative estimate of drug-likeness (QED) is 0.505. The number of rotatable bonds is 8.